The first-order chi connectivity index (χ1) is 9.70. The fourth-order valence-electron chi connectivity index (χ4n) is 2.05. The first kappa shape index (κ1) is 17.5. The van der Waals surface area contributed by atoms with Crippen LogP contribution in [0.25, 0.3) is 0 Å². The fraction of sp³-hybridized carbons (Fsp3) is 0.533. The second kappa shape index (κ2) is 7.45. The molecule has 0 atom stereocenters. The molecule has 5 nitrogen and oxygen atoms in total. The molecule has 1 aromatic rings. The molecule has 0 aliphatic heterocycles. The van der Waals surface area contributed by atoms with Gasteiger partial charge in [-0.1, -0.05) is 12.1 Å². The van der Waals surface area contributed by atoms with Crippen molar-refractivity contribution in [3.05, 3.63) is 29.8 Å². The van der Waals surface area contributed by atoms with Crippen molar-refractivity contribution in [1.29, 1.82) is 0 Å². The Morgan fingerprint density at radius 2 is 2.00 bits per heavy atom. The third-order valence-corrected chi connectivity index (χ3v) is 4.10. The van der Waals surface area contributed by atoms with Crippen molar-refractivity contribution in [3.63, 3.8) is 0 Å². The minimum atomic E-state index is -3.35. The standard InChI is InChI=1S/C15H24N2O3S/c1-12(2)16-15(18)9-6-10-17(21(4,19)20)14-8-5-7-13(3)11-14/h5,7-8,11-12H,6,9-10H2,1-4H3,(H,16,18). The van der Waals surface area contributed by atoms with Crippen LogP contribution in [-0.4, -0.2) is 33.2 Å². The van der Waals surface area contributed by atoms with Gasteiger partial charge in [-0.2, -0.15) is 0 Å². The third kappa shape index (κ3) is 6.16. The lowest BCUT2D eigenvalue weighted by molar-refractivity contribution is -0.121. The monoisotopic (exact) mass is 312 g/mol. The predicted molar refractivity (Wildman–Crippen MR) is 85.9 cm³/mol. The summed E-state index contributed by atoms with van der Waals surface area (Å²) < 4.78 is 25.2. The molecule has 1 N–H and O–H groups in total. The zero-order valence-electron chi connectivity index (χ0n) is 13.1. The Kier molecular flexibility index (Phi) is 6.20. The highest BCUT2D eigenvalue weighted by molar-refractivity contribution is 7.92. The number of rotatable bonds is 7. The summed E-state index contributed by atoms with van der Waals surface area (Å²) in [7, 11) is -3.35. The maximum absolute atomic E-state index is 11.9. The molecule has 0 aliphatic rings. The number of aryl methyl sites for hydroxylation is 1. The van der Waals surface area contributed by atoms with Crippen LogP contribution in [0.2, 0.25) is 0 Å². The quantitative estimate of drug-likeness (QED) is 0.838. The summed E-state index contributed by atoms with van der Waals surface area (Å²) in [6.07, 6.45) is 1.99. The lowest BCUT2D eigenvalue weighted by Gasteiger charge is -2.22. The lowest BCUT2D eigenvalue weighted by atomic mass is 10.2. The van der Waals surface area contributed by atoms with Gasteiger partial charge >= 0.3 is 0 Å². The molecule has 0 fully saturated rings. The minimum absolute atomic E-state index is 0.0531. The Labute approximate surface area is 127 Å². The summed E-state index contributed by atoms with van der Waals surface area (Å²) in [4.78, 5) is 11.6. The van der Waals surface area contributed by atoms with Crippen LogP contribution in [-0.2, 0) is 14.8 Å². The van der Waals surface area contributed by atoms with Crippen LogP contribution in [0.1, 0.15) is 32.3 Å². The van der Waals surface area contributed by atoms with E-state index in [2.05, 4.69) is 5.32 Å². The summed E-state index contributed by atoms with van der Waals surface area (Å²) in [5.74, 6) is -0.0531. The first-order valence-electron chi connectivity index (χ1n) is 7.04. The van der Waals surface area contributed by atoms with E-state index >= 15 is 0 Å². The number of nitrogens with one attached hydrogen (secondary N) is 1. The molecule has 0 saturated carbocycles. The number of amides is 1. The zero-order chi connectivity index (χ0) is 16.0. The van der Waals surface area contributed by atoms with Crippen molar-refractivity contribution in [2.24, 2.45) is 0 Å². The molecule has 118 valence electrons. The average Bonchev–Trinajstić information content (AvgIpc) is 2.32. The molecule has 6 heteroatoms. The molecule has 1 rings (SSSR count). The van der Waals surface area contributed by atoms with Crippen molar-refractivity contribution >= 4 is 21.6 Å². The summed E-state index contributed by atoms with van der Waals surface area (Å²) >= 11 is 0. The fourth-order valence-corrected chi connectivity index (χ4v) is 3.00. The highest BCUT2D eigenvalue weighted by Crippen LogP contribution is 2.19. The molecule has 0 saturated heterocycles. The number of carbonyl (C=O) groups is 1. The Hall–Kier alpha value is -1.56. The van der Waals surface area contributed by atoms with Gasteiger partial charge in [0.15, 0.2) is 0 Å². The average molecular weight is 312 g/mol. The molecule has 0 heterocycles. The lowest BCUT2D eigenvalue weighted by Crippen LogP contribution is -2.33. The Morgan fingerprint density at radius 1 is 1.33 bits per heavy atom. The molecule has 0 aromatic heterocycles. The van der Waals surface area contributed by atoms with Crippen LogP contribution in [0.3, 0.4) is 0 Å². The minimum Gasteiger partial charge on any atom is -0.354 e. The number of nitrogens with zero attached hydrogens (tertiary/aromatic N) is 1. The van der Waals surface area contributed by atoms with Gasteiger partial charge in [0, 0.05) is 19.0 Å². The predicted octanol–water partition coefficient (Wildman–Crippen LogP) is 2.07. The molecule has 0 spiro atoms. The van der Waals surface area contributed by atoms with Crippen LogP contribution in [0.4, 0.5) is 5.69 Å². The summed E-state index contributed by atoms with van der Waals surface area (Å²) in [6.45, 7) is 6.01. The van der Waals surface area contributed by atoms with Gasteiger partial charge in [0.25, 0.3) is 0 Å². The van der Waals surface area contributed by atoms with Crippen molar-refractivity contribution in [2.75, 3.05) is 17.1 Å². The molecule has 0 radical (unpaired) electrons. The number of carbonyl (C=O) groups excluding carboxylic acids is 1. The van der Waals surface area contributed by atoms with E-state index in [1.165, 1.54) is 10.6 Å². The summed E-state index contributed by atoms with van der Waals surface area (Å²) in [6, 6.07) is 7.44. The third-order valence-electron chi connectivity index (χ3n) is 2.90. The first-order valence-corrected chi connectivity index (χ1v) is 8.88. The highest BCUT2D eigenvalue weighted by Gasteiger charge is 2.17. The normalized spacial score (nSPS) is 11.5. The molecule has 0 unspecified atom stereocenters. The van der Waals surface area contributed by atoms with Crippen molar-refractivity contribution in [3.8, 4) is 0 Å². The molecular weight excluding hydrogens is 288 g/mol. The summed E-state index contributed by atoms with van der Waals surface area (Å²) in [5, 5.41) is 2.80. The van der Waals surface area contributed by atoms with E-state index < -0.39 is 10.0 Å². The van der Waals surface area contributed by atoms with Gasteiger partial charge in [-0.25, -0.2) is 8.42 Å². The van der Waals surface area contributed by atoms with Gasteiger partial charge in [-0.05, 0) is 44.9 Å². The van der Waals surface area contributed by atoms with Gasteiger partial charge in [0.05, 0.1) is 11.9 Å². The molecule has 1 aromatic carbocycles. The second-order valence-electron chi connectivity index (χ2n) is 5.50. The van der Waals surface area contributed by atoms with Crippen molar-refractivity contribution in [1.82, 2.24) is 5.32 Å². The molecular formula is C15H24N2O3S. The number of sulfonamides is 1. The largest absolute Gasteiger partial charge is 0.354 e. The maximum Gasteiger partial charge on any atom is 0.232 e. The maximum atomic E-state index is 11.9. The van der Waals surface area contributed by atoms with Crippen LogP contribution in [0, 0.1) is 6.92 Å². The topological polar surface area (TPSA) is 66.5 Å². The van der Waals surface area contributed by atoms with Crippen LogP contribution in [0.15, 0.2) is 24.3 Å². The second-order valence-corrected chi connectivity index (χ2v) is 7.41. The Balaban J connectivity index is 2.71. The van der Waals surface area contributed by atoms with Gasteiger partial charge in [0.2, 0.25) is 15.9 Å². The molecule has 1 amide bonds. The van der Waals surface area contributed by atoms with Gasteiger partial charge in [-0.15, -0.1) is 0 Å². The van der Waals surface area contributed by atoms with Gasteiger partial charge in [0.1, 0.15) is 0 Å². The number of hydrogen-bond acceptors (Lipinski definition) is 3. The van der Waals surface area contributed by atoms with E-state index in [9.17, 15) is 13.2 Å². The van der Waals surface area contributed by atoms with E-state index in [0.29, 0.717) is 25.1 Å². The number of anilines is 1. The van der Waals surface area contributed by atoms with E-state index in [1.54, 1.807) is 6.07 Å². The van der Waals surface area contributed by atoms with Gasteiger partial charge in [-0.3, -0.25) is 9.10 Å². The SMILES string of the molecule is Cc1cccc(N(CCCC(=O)NC(C)C)S(C)(=O)=O)c1. The van der Waals surface area contributed by atoms with E-state index in [4.69, 9.17) is 0 Å². The van der Waals surface area contributed by atoms with Crippen LogP contribution >= 0.6 is 0 Å². The van der Waals surface area contributed by atoms with Crippen molar-refractivity contribution < 1.29 is 13.2 Å². The van der Waals surface area contributed by atoms with Crippen molar-refractivity contribution in [2.45, 2.75) is 39.7 Å². The number of benzene rings is 1. The Bertz CT molecular complexity index is 582. The number of hydrogen-bond donors (Lipinski definition) is 1. The summed E-state index contributed by atoms with van der Waals surface area (Å²) in [5.41, 5.74) is 1.64. The highest BCUT2D eigenvalue weighted by atomic mass is 32.2. The van der Waals surface area contributed by atoms with E-state index in [0.717, 1.165) is 5.56 Å². The van der Waals surface area contributed by atoms with Gasteiger partial charge < -0.3 is 5.32 Å². The Morgan fingerprint density at radius 3 is 2.52 bits per heavy atom. The molecule has 21 heavy (non-hydrogen) atoms. The smallest absolute Gasteiger partial charge is 0.232 e. The zero-order valence-corrected chi connectivity index (χ0v) is 13.9. The van der Waals surface area contributed by atoms with E-state index in [-0.39, 0.29) is 11.9 Å². The van der Waals surface area contributed by atoms with Crippen LogP contribution < -0.4 is 9.62 Å². The molecule has 0 aliphatic carbocycles. The molecule has 0 bridgehead atoms. The van der Waals surface area contributed by atoms with E-state index in [1.807, 2.05) is 39.0 Å². The van der Waals surface area contributed by atoms with Crippen LogP contribution in [0.5, 0.6) is 0 Å².